The Morgan fingerprint density at radius 3 is 2.93 bits per heavy atom. The number of benzene rings is 1. The van der Waals surface area contributed by atoms with Crippen molar-refractivity contribution < 1.29 is 9.21 Å². The molecule has 0 saturated carbocycles. The Labute approximate surface area is 86.5 Å². The molecule has 0 radical (unpaired) electrons. The number of fused-ring (bicyclic) bond motifs is 1. The van der Waals surface area contributed by atoms with Crippen molar-refractivity contribution >= 4 is 28.4 Å². The second-order valence-electron chi connectivity index (χ2n) is 3.01. The number of alkyl halides is 1. The van der Waals surface area contributed by atoms with Gasteiger partial charge >= 0.3 is 0 Å². The van der Waals surface area contributed by atoms with Gasteiger partial charge in [0, 0.05) is 17.7 Å². The zero-order valence-corrected chi connectivity index (χ0v) is 8.25. The lowest BCUT2D eigenvalue weighted by molar-refractivity contribution is 0.0990. The molecule has 2 aromatic rings. The Morgan fingerprint density at radius 2 is 2.14 bits per heavy atom. The number of furan rings is 1. The molecule has 1 heterocycles. The molecule has 0 aliphatic rings. The fourth-order valence-corrected chi connectivity index (χ4v) is 1.59. The smallest absolute Gasteiger partial charge is 0.167 e. The van der Waals surface area contributed by atoms with E-state index < -0.39 is 0 Å². The van der Waals surface area contributed by atoms with Crippen molar-refractivity contribution in [3.05, 3.63) is 36.1 Å². The molecule has 72 valence electrons. The third-order valence-electron chi connectivity index (χ3n) is 2.10. The Balaban J connectivity index is 2.47. The molecular formula is C11H9ClO2. The highest BCUT2D eigenvalue weighted by Crippen LogP contribution is 2.21. The third-order valence-corrected chi connectivity index (χ3v) is 2.29. The maximum atomic E-state index is 11.6. The highest BCUT2D eigenvalue weighted by molar-refractivity contribution is 6.20. The van der Waals surface area contributed by atoms with Gasteiger partial charge in [-0.2, -0.15) is 0 Å². The zero-order valence-electron chi connectivity index (χ0n) is 7.50. The number of carbonyl (C=O) groups excluding carboxylic acids is 1. The summed E-state index contributed by atoms with van der Waals surface area (Å²) in [7, 11) is 0. The van der Waals surface area contributed by atoms with Crippen molar-refractivity contribution in [1.29, 1.82) is 0 Å². The number of Topliss-reactive ketones (excluding diaryl/α,β-unsaturated/α-hetero) is 1. The second-order valence-corrected chi connectivity index (χ2v) is 3.39. The van der Waals surface area contributed by atoms with E-state index in [0.717, 1.165) is 11.0 Å². The predicted molar refractivity (Wildman–Crippen MR) is 55.9 cm³/mol. The lowest BCUT2D eigenvalue weighted by Crippen LogP contribution is -1.97. The van der Waals surface area contributed by atoms with Crippen LogP contribution in [0.2, 0.25) is 0 Å². The number of hydrogen-bond donors (Lipinski definition) is 0. The monoisotopic (exact) mass is 208 g/mol. The third kappa shape index (κ3) is 1.53. The molecule has 0 atom stereocenters. The summed E-state index contributed by atoms with van der Waals surface area (Å²) in [6.45, 7) is 0. The minimum Gasteiger partial charge on any atom is -0.464 e. The molecule has 0 unspecified atom stereocenters. The molecule has 14 heavy (non-hydrogen) atoms. The average molecular weight is 209 g/mol. The van der Waals surface area contributed by atoms with Gasteiger partial charge in [-0.25, -0.2) is 0 Å². The van der Waals surface area contributed by atoms with Crippen LogP contribution >= 0.6 is 11.6 Å². The topological polar surface area (TPSA) is 30.2 Å². The lowest BCUT2D eigenvalue weighted by Gasteiger charge is -1.93. The van der Waals surface area contributed by atoms with Gasteiger partial charge in [-0.3, -0.25) is 4.79 Å². The summed E-state index contributed by atoms with van der Waals surface area (Å²) in [4.78, 5) is 11.6. The van der Waals surface area contributed by atoms with Gasteiger partial charge in [-0.1, -0.05) is 18.2 Å². The van der Waals surface area contributed by atoms with Crippen molar-refractivity contribution in [1.82, 2.24) is 0 Å². The molecule has 2 nitrogen and oxygen atoms in total. The highest BCUT2D eigenvalue weighted by Gasteiger charge is 2.11. The second kappa shape index (κ2) is 3.84. The molecule has 2 rings (SSSR count). The van der Waals surface area contributed by atoms with E-state index in [2.05, 4.69) is 0 Å². The standard InChI is InChI=1S/C11H9ClO2/c12-6-5-10(13)9-7-14-11-4-2-1-3-8(9)11/h1-4,7H,5-6H2. The van der Waals surface area contributed by atoms with Crippen LogP contribution in [0, 0.1) is 0 Å². The van der Waals surface area contributed by atoms with Crippen molar-refractivity contribution in [2.24, 2.45) is 0 Å². The van der Waals surface area contributed by atoms with E-state index in [9.17, 15) is 4.79 Å². The van der Waals surface area contributed by atoms with Gasteiger partial charge < -0.3 is 4.42 Å². The molecule has 0 amide bonds. The van der Waals surface area contributed by atoms with Gasteiger partial charge in [0.15, 0.2) is 5.78 Å². The zero-order chi connectivity index (χ0) is 9.97. The molecule has 0 bridgehead atoms. The summed E-state index contributed by atoms with van der Waals surface area (Å²) in [5, 5.41) is 0.864. The van der Waals surface area contributed by atoms with E-state index in [-0.39, 0.29) is 5.78 Å². The molecule has 0 saturated heterocycles. The SMILES string of the molecule is O=C(CCCl)c1coc2ccccc12. The molecule has 0 aliphatic carbocycles. The van der Waals surface area contributed by atoms with Gasteiger partial charge in [-0.15, -0.1) is 11.6 Å². The fraction of sp³-hybridized carbons (Fsp3) is 0.182. The van der Waals surface area contributed by atoms with Crippen LogP contribution in [-0.4, -0.2) is 11.7 Å². The summed E-state index contributed by atoms with van der Waals surface area (Å²) >= 11 is 5.51. The maximum Gasteiger partial charge on any atom is 0.167 e. The molecule has 0 fully saturated rings. The number of rotatable bonds is 3. The van der Waals surface area contributed by atoms with Gasteiger partial charge in [0.2, 0.25) is 0 Å². The minimum absolute atomic E-state index is 0.0324. The largest absolute Gasteiger partial charge is 0.464 e. The maximum absolute atomic E-state index is 11.6. The summed E-state index contributed by atoms with van der Waals surface area (Å²) in [5.74, 6) is 0.378. The van der Waals surface area contributed by atoms with Gasteiger partial charge in [-0.05, 0) is 6.07 Å². The van der Waals surface area contributed by atoms with Crippen LogP contribution in [-0.2, 0) is 0 Å². The van der Waals surface area contributed by atoms with Crippen LogP contribution in [0.1, 0.15) is 16.8 Å². The average Bonchev–Trinajstić information content (AvgIpc) is 2.61. The Morgan fingerprint density at radius 1 is 1.36 bits per heavy atom. The number of ketones is 1. The number of hydrogen-bond acceptors (Lipinski definition) is 2. The number of halogens is 1. The van der Waals surface area contributed by atoms with Crippen molar-refractivity contribution in [2.75, 3.05) is 5.88 Å². The van der Waals surface area contributed by atoms with Crippen LogP contribution in [0.15, 0.2) is 34.9 Å². The van der Waals surface area contributed by atoms with E-state index in [4.69, 9.17) is 16.0 Å². The molecule has 0 N–H and O–H groups in total. The minimum atomic E-state index is 0.0324. The summed E-state index contributed by atoms with van der Waals surface area (Å²) in [5.41, 5.74) is 1.37. The first-order chi connectivity index (χ1) is 6.83. The number of carbonyl (C=O) groups is 1. The molecule has 0 aliphatic heterocycles. The molecular weight excluding hydrogens is 200 g/mol. The summed E-state index contributed by atoms with van der Waals surface area (Å²) in [6.07, 6.45) is 1.85. The fourth-order valence-electron chi connectivity index (χ4n) is 1.41. The lowest BCUT2D eigenvalue weighted by atomic mass is 10.1. The summed E-state index contributed by atoms with van der Waals surface area (Å²) in [6, 6.07) is 7.48. The Hall–Kier alpha value is -1.28. The van der Waals surface area contributed by atoms with Gasteiger partial charge in [0.25, 0.3) is 0 Å². The Kier molecular flexibility index (Phi) is 2.55. The van der Waals surface area contributed by atoms with Crippen LogP contribution in [0.25, 0.3) is 11.0 Å². The van der Waals surface area contributed by atoms with E-state index >= 15 is 0 Å². The first kappa shape index (κ1) is 9.28. The summed E-state index contributed by atoms with van der Waals surface area (Å²) < 4.78 is 5.25. The first-order valence-corrected chi connectivity index (χ1v) is 4.92. The predicted octanol–water partition coefficient (Wildman–Crippen LogP) is 3.24. The van der Waals surface area contributed by atoms with Crippen molar-refractivity contribution in [3.8, 4) is 0 Å². The van der Waals surface area contributed by atoms with E-state index in [1.807, 2.05) is 24.3 Å². The van der Waals surface area contributed by atoms with Crippen LogP contribution in [0.3, 0.4) is 0 Å². The van der Waals surface area contributed by atoms with E-state index in [1.54, 1.807) is 0 Å². The highest BCUT2D eigenvalue weighted by atomic mass is 35.5. The Bertz CT molecular complexity index is 459. The first-order valence-electron chi connectivity index (χ1n) is 4.38. The molecule has 1 aromatic carbocycles. The van der Waals surface area contributed by atoms with Gasteiger partial charge in [0.1, 0.15) is 11.8 Å². The molecule has 3 heteroatoms. The van der Waals surface area contributed by atoms with Crippen molar-refractivity contribution in [3.63, 3.8) is 0 Å². The van der Waals surface area contributed by atoms with E-state index in [1.165, 1.54) is 6.26 Å². The normalized spacial score (nSPS) is 10.6. The van der Waals surface area contributed by atoms with Crippen LogP contribution in [0.5, 0.6) is 0 Å². The van der Waals surface area contributed by atoms with Crippen molar-refractivity contribution in [2.45, 2.75) is 6.42 Å². The van der Waals surface area contributed by atoms with Crippen LogP contribution < -0.4 is 0 Å². The molecule has 1 aromatic heterocycles. The number of para-hydroxylation sites is 1. The van der Waals surface area contributed by atoms with E-state index in [0.29, 0.717) is 17.9 Å². The quantitative estimate of drug-likeness (QED) is 0.573. The van der Waals surface area contributed by atoms with Crippen LogP contribution in [0.4, 0.5) is 0 Å². The molecule has 0 spiro atoms. The van der Waals surface area contributed by atoms with Gasteiger partial charge in [0.05, 0.1) is 5.56 Å².